The van der Waals surface area contributed by atoms with Crippen LogP contribution in [0.3, 0.4) is 0 Å². The first-order valence-electron chi connectivity index (χ1n) is 13.3. The summed E-state index contributed by atoms with van der Waals surface area (Å²) in [5, 5.41) is 0. The minimum Gasteiger partial charge on any atom is -0.469 e. The predicted octanol–water partition coefficient (Wildman–Crippen LogP) is 6.34. The fourth-order valence-corrected chi connectivity index (χ4v) is 6.02. The second-order valence-corrected chi connectivity index (χ2v) is 10.4. The van der Waals surface area contributed by atoms with Gasteiger partial charge in [0.05, 0.1) is 19.1 Å². The SMILES string of the molecule is CCc1cc(C(=O)N2CCc3ccccc3[C@H]2C)cc2cc(-c3ccc([C@H]4C[C@@H]4C(=O)OC)cc3F)cn12. The molecule has 1 aliphatic heterocycles. The van der Waals surface area contributed by atoms with E-state index in [1.54, 1.807) is 6.07 Å². The van der Waals surface area contributed by atoms with Crippen molar-refractivity contribution in [2.45, 2.75) is 45.1 Å². The monoisotopic (exact) mass is 510 g/mol. The number of amides is 1. The van der Waals surface area contributed by atoms with Gasteiger partial charge in [-0.05, 0) is 73.1 Å². The molecular formula is C32H31FN2O3. The molecule has 1 amide bonds. The van der Waals surface area contributed by atoms with Crippen molar-refractivity contribution >= 4 is 17.4 Å². The molecule has 3 heterocycles. The maximum atomic E-state index is 15.3. The van der Waals surface area contributed by atoms with E-state index in [1.807, 2.05) is 45.8 Å². The van der Waals surface area contributed by atoms with Crippen LogP contribution < -0.4 is 0 Å². The fraction of sp³-hybridized carbons (Fsp3) is 0.312. The third-order valence-corrected chi connectivity index (χ3v) is 8.28. The van der Waals surface area contributed by atoms with Gasteiger partial charge in [-0.1, -0.05) is 43.3 Å². The van der Waals surface area contributed by atoms with Crippen molar-refractivity contribution in [2.24, 2.45) is 5.92 Å². The van der Waals surface area contributed by atoms with E-state index in [0.717, 1.165) is 35.2 Å². The number of halogens is 1. The molecule has 4 aromatic rings. The highest BCUT2D eigenvalue weighted by Gasteiger charge is 2.45. The van der Waals surface area contributed by atoms with Crippen LogP contribution in [0.15, 0.2) is 66.9 Å². The Morgan fingerprint density at radius 3 is 2.66 bits per heavy atom. The largest absolute Gasteiger partial charge is 0.469 e. The topological polar surface area (TPSA) is 51.0 Å². The zero-order chi connectivity index (χ0) is 26.6. The zero-order valence-electron chi connectivity index (χ0n) is 21.9. The van der Waals surface area contributed by atoms with Crippen LogP contribution in [0.4, 0.5) is 4.39 Å². The molecule has 38 heavy (non-hydrogen) atoms. The summed E-state index contributed by atoms with van der Waals surface area (Å²) in [5.41, 5.74) is 7.12. The van der Waals surface area contributed by atoms with Gasteiger partial charge in [-0.3, -0.25) is 9.59 Å². The number of pyridine rings is 1. The van der Waals surface area contributed by atoms with Crippen LogP contribution in [0.2, 0.25) is 0 Å². The Labute approximate surface area is 221 Å². The van der Waals surface area contributed by atoms with E-state index in [-0.39, 0.29) is 35.6 Å². The number of hydrogen-bond donors (Lipinski definition) is 0. The quantitative estimate of drug-likeness (QED) is 0.294. The van der Waals surface area contributed by atoms with Gasteiger partial charge >= 0.3 is 5.97 Å². The third kappa shape index (κ3) is 4.08. The van der Waals surface area contributed by atoms with Gasteiger partial charge in [0.1, 0.15) is 5.82 Å². The van der Waals surface area contributed by atoms with Gasteiger partial charge in [-0.2, -0.15) is 0 Å². The summed E-state index contributed by atoms with van der Waals surface area (Å²) in [5.74, 6) is -0.695. The lowest BCUT2D eigenvalue weighted by Gasteiger charge is -2.35. The maximum absolute atomic E-state index is 15.3. The highest BCUT2D eigenvalue weighted by molar-refractivity contribution is 5.96. The molecule has 0 spiro atoms. The molecule has 0 unspecified atom stereocenters. The highest BCUT2D eigenvalue weighted by Crippen LogP contribution is 2.48. The molecule has 6 heteroatoms. The lowest BCUT2D eigenvalue weighted by atomic mass is 9.93. The molecule has 2 aromatic heterocycles. The van der Waals surface area contributed by atoms with E-state index >= 15 is 4.39 Å². The Hall–Kier alpha value is -3.93. The van der Waals surface area contributed by atoms with Crippen LogP contribution in [-0.4, -0.2) is 34.8 Å². The molecule has 1 fully saturated rings. The van der Waals surface area contributed by atoms with Crippen molar-refractivity contribution in [2.75, 3.05) is 13.7 Å². The molecule has 3 atom stereocenters. The van der Waals surface area contributed by atoms with E-state index in [4.69, 9.17) is 4.74 Å². The predicted molar refractivity (Wildman–Crippen MR) is 145 cm³/mol. The van der Waals surface area contributed by atoms with Crippen LogP contribution in [-0.2, 0) is 22.4 Å². The lowest BCUT2D eigenvalue weighted by Crippen LogP contribution is -2.38. The van der Waals surface area contributed by atoms with Gasteiger partial charge in [0.2, 0.25) is 0 Å². The number of rotatable bonds is 5. The minimum absolute atomic E-state index is 0.00829. The summed E-state index contributed by atoms with van der Waals surface area (Å²) in [4.78, 5) is 27.4. The Kier molecular flexibility index (Phi) is 6.05. The number of nitrogens with zero attached hydrogens (tertiary/aromatic N) is 2. The number of aromatic nitrogens is 1. The van der Waals surface area contributed by atoms with Crippen LogP contribution in [0.1, 0.15) is 65.0 Å². The van der Waals surface area contributed by atoms with E-state index in [9.17, 15) is 9.59 Å². The second-order valence-electron chi connectivity index (χ2n) is 10.4. The molecule has 0 saturated heterocycles. The Balaban J connectivity index is 1.31. The number of methoxy groups -OCH3 is 1. The van der Waals surface area contributed by atoms with Crippen LogP contribution in [0, 0.1) is 11.7 Å². The van der Waals surface area contributed by atoms with E-state index < -0.39 is 0 Å². The number of benzene rings is 2. The molecule has 1 saturated carbocycles. The molecule has 2 aliphatic rings. The number of fused-ring (bicyclic) bond motifs is 2. The zero-order valence-corrected chi connectivity index (χ0v) is 21.9. The standard InChI is InChI=1S/C32H31FN2O3/c1-4-24-13-22(31(36)34-12-11-20-7-5-6-8-26(20)19(34)2)14-25-15-23(18-35(24)25)27-10-9-21(16-30(27)33)28-17-29(28)32(37)38-3/h5-10,13-16,18-19,28-29H,4,11-12,17H2,1-3H3/t19-,28-,29+/m1/s1. The summed E-state index contributed by atoms with van der Waals surface area (Å²) in [6.07, 6.45) is 4.22. The lowest BCUT2D eigenvalue weighted by molar-refractivity contribution is -0.142. The van der Waals surface area contributed by atoms with Gasteiger partial charge in [0.15, 0.2) is 0 Å². The number of carbonyl (C=O) groups is 2. The highest BCUT2D eigenvalue weighted by atomic mass is 19.1. The summed E-state index contributed by atoms with van der Waals surface area (Å²) in [6.45, 7) is 4.84. The molecule has 194 valence electrons. The first-order chi connectivity index (χ1) is 18.4. The van der Waals surface area contributed by atoms with Crippen molar-refractivity contribution in [3.05, 3.63) is 101 Å². The third-order valence-electron chi connectivity index (χ3n) is 8.28. The average Bonchev–Trinajstić information content (AvgIpc) is 3.63. The first kappa shape index (κ1) is 24.4. The minimum atomic E-state index is -0.316. The molecule has 0 bridgehead atoms. The van der Waals surface area contributed by atoms with Gasteiger partial charge in [-0.15, -0.1) is 0 Å². The fourth-order valence-electron chi connectivity index (χ4n) is 6.02. The Morgan fingerprint density at radius 2 is 1.89 bits per heavy atom. The van der Waals surface area contributed by atoms with Crippen LogP contribution in [0.25, 0.3) is 16.6 Å². The first-order valence-corrected chi connectivity index (χ1v) is 13.3. The Bertz CT molecular complexity index is 1570. The molecular weight excluding hydrogens is 479 g/mol. The number of esters is 1. The second kappa shape index (κ2) is 9.43. The summed E-state index contributed by atoms with van der Waals surface area (Å²) in [6, 6.07) is 19.4. The van der Waals surface area contributed by atoms with Gasteiger partial charge in [0, 0.05) is 40.6 Å². The van der Waals surface area contributed by atoms with Crippen molar-refractivity contribution in [1.82, 2.24) is 9.30 Å². The van der Waals surface area contributed by atoms with E-state index in [0.29, 0.717) is 24.1 Å². The number of aryl methyl sites for hydroxylation is 1. The van der Waals surface area contributed by atoms with Crippen LogP contribution >= 0.6 is 0 Å². The van der Waals surface area contributed by atoms with Crippen molar-refractivity contribution in [3.8, 4) is 11.1 Å². The van der Waals surface area contributed by atoms with Gasteiger partial charge in [0.25, 0.3) is 5.91 Å². The van der Waals surface area contributed by atoms with Crippen molar-refractivity contribution in [3.63, 3.8) is 0 Å². The number of hydrogen-bond acceptors (Lipinski definition) is 3. The summed E-state index contributed by atoms with van der Waals surface area (Å²) < 4.78 is 22.1. The smallest absolute Gasteiger partial charge is 0.309 e. The molecule has 1 aliphatic carbocycles. The van der Waals surface area contributed by atoms with Crippen LogP contribution in [0.5, 0.6) is 0 Å². The van der Waals surface area contributed by atoms with E-state index in [1.165, 1.54) is 24.3 Å². The average molecular weight is 511 g/mol. The summed E-state index contributed by atoms with van der Waals surface area (Å²) >= 11 is 0. The van der Waals surface area contributed by atoms with Gasteiger partial charge < -0.3 is 14.0 Å². The molecule has 2 aromatic carbocycles. The normalized spacial score (nSPS) is 20.3. The number of carbonyl (C=O) groups excluding carboxylic acids is 2. The van der Waals surface area contributed by atoms with Crippen molar-refractivity contribution in [1.29, 1.82) is 0 Å². The molecule has 5 nitrogen and oxygen atoms in total. The molecule has 0 radical (unpaired) electrons. The molecule has 0 N–H and O–H groups in total. The molecule has 6 rings (SSSR count). The number of ether oxygens (including phenoxy) is 1. The van der Waals surface area contributed by atoms with Gasteiger partial charge in [-0.25, -0.2) is 4.39 Å². The summed E-state index contributed by atoms with van der Waals surface area (Å²) in [7, 11) is 1.38. The van der Waals surface area contributed by atoms with Crippen molar-refractivity contribution < 1.29 is 18.7 Å². The maximum Gasteiger partial charge on any atom is 0.309 e. The van der Waals surface area contributed by atoms with E-state index in [2.05, 4.69) is 32.0 Å². The Morgan fingerprint density at radius 1 is 1.08 bits per heavy atom.